The zero-order valence-electron chi connectivity index (χ0n) is 12.7. The summed E-state index contributed by atoms with van der Waals surface area (Å²) in [6.07, 6.45) is 2.27. The maximum Gasteiger partial charge on any atom is 0.119 e. The maximum absolute atomic E-state index is 5.63. The van der Waals surface area contributed by atoms with Gasteiger partial charge < -0.3 is 10.1 Å². The van der Waals surface area contributed by atoms with Crippen molar-refractivity contribution in [3.8, 4) is 5.75 Å². The minimum absolute atomic E-state index is 0.215. The molecular formula is C16H23N3O. The molecule has 0 atom stereocenters. The van der Waals surface area contributed by atoms with Crippen LogP contribution in [0.25, 0.3) is 0 Å². The summed E-state index contributed by atoms with van der Waals surface area (Å²) in [4.78, 5) is 0. The fourth-order valence-electron chi connectivity index (χ4n) is 2.12. The lowest BCUT2D eigenvalue weighted by Crippen LogP contribution is -2.13. The second kappa shape index (κ2) is 6.57. The quantitative estimate of drug-likeness (QED) is 0.879. The Morgan fingerprint density at radius 2 is 1.90 bits per heavy atom. The molecule has 0 unspecified atom stereocenters. The van der Waals surface area contributed by atoms with Gasteiger partial charge in [-0.3, -0.25) is 4.68 Å². The van der Waals surface area contributed by atoms with E-state index in [1.54, 1.807) is 0 Å². The predicted octanol–water partition coefficient (Wildman–Crippen LogP) is 2.81. The largest absolute Gasteiger partial charge is 0.491 e. The molecule has 0 amide bonds. The summed E-state index contributed by atoms with van der Waals surface area (Å²) in [6.45, 7) is 7.78. The first-order chi connectivity index (χ1) is 9.54. The molecule has 0 saturated carbocycles. The third-order valence-corrected chi connectivity index (χ3v) is 3.05. The monoisotopic (exact) mass is 273 g/mol. The van der Waals surface area contributed by atoms with Crippen molar-refractivity contribution in [2.75, 3.05) is 0 Å². The Bertz CT molecular complexity index is 543. The van der Waals surface area contributed by atoms with Gasteiger partial charge in [0, 0.05) is 31.9 Å². The molecule has 4 nitrogen and oxygen atoms in total. The van der Waals surface area contributed by atoms with E-state index in [9.17, 15) is 0 Å². The summed E-state index contributed by atoms with van der Waals surface area (Å²) in [6, 6.07) is 8.24. The van der Waals surface area contributed by atoms with Gasteiger partial charge in [-0.1, -0.05) is 12.1 Å². The average molecular weight is 273 g/mol. The van der Waals surface area contributed by atoms with Crippen LogP contribution >= 0.6 is 0 Å². The molecule has 1 aromatic carbocycles. The molecule has 1 N–H and O–H groups in total. The fraction of sp³-hybridized carbons (Fsp3) is 0.438. The highest BCUT2D eigenvalue weighted by Gasteiger charge is 2.02. The van der Waals surface area contributed by atoms with E-state index in [0.29, 0.717) is 0 Å². The van der Waals surface area contributed by atoms with E-state index in [1.807, 2.05) is 44.6 Å². The number of rotatable bonds is 6. The van der Waals surface area contributed by atoms with Gasteiger partial charge in [-0.15, -0.1) is 0 Å². The number of benzene rings is 1. The first kappa shape index (κ1) is 14.6. The molecule has 0 fully saturated rings. The zero-order chi connectivity index (χ0) is 14.5. The molecule has 0 bridgehead atoms. The van der Waals surface area contributed by atoms with E-state index in [1.165, 1.54) is 11.1 Å². The number of aromatic nitrogens is 2. The van der Waals surface area contributed by atoms with Crippen molar-refractivity contribution in [2.45, 2.75) is 40.0 Å². The van der Waals surface area contributed by atoms with Crippen LogP contribution in [0, 0.1) is 6.92 Å². The molecule has 0 spiro atoms. The zero-order valence-corrected chi connectivity index (χ0v) is 12.7. The van der Waals surface area contributed by atoms with Crippen LogP contribution in [0.3, 0.4) is 0 Å². The van der Waals surface area contributed by atoms with Gasteiger partial charge in [0.2, 0.25) is 0 Å². The molecular weight excluding hydrogens is 250 g/mol. The van der Waals surface area contributed by atoms with E-state index in [-0.39, 0.29) is 6.10 Å². The van der Waals surface area contributed by atoms with Gasteiger partial charge >= 0.3 is 0 Å². The van der Waals surface area contributed by atoms with E-state index >= 15 is 0 Å². The summed E-state index contributed by atoms with van der Waals surface area (Å²) in [5.74, 6) is 0.923. The summed E-state index contributed by atoms with van der Waals surface area (Å²) in [5, 5.41) is 7.77. The molecule has 1 aromatic heterocycles. The molecule has 20 heavy (non-hydrogen) atoms. The van der Waals surface area contributed by atoms with Crippen molar-refractivity contribution in [3.05, 3.63) is 47.3 Å². The molecule has 1 heterocycles. The molecule has 0 radical (unpaired) electrons. The van der Waals surface area contributed by atoms with Crippen molar-refractivity contribution >= 4 is 0 Å². The molecule has 0 aliphatic carbocycles. The lowest BCUT2D eigenvalue weighted by molar-refractivity contribution is 0.242. The Morgan fingerprint density at radius 3 is 2.45 bits per heavy atom. The lowest BCUT2D eigenvalue weighted by atomic mass is 10.2. The Balaban J connectivity index is 1.83. The molecule has 108 valence electrons. The SMILES string of the molecule is Cc1nn(C)cc1CNCc1ccc(OC(C)C)cc1. The smallest absolute Gasteiger partial charge is 0.119 e. The van der Waals surface area contributed by atoms with E-state index in [4.69, 9.17) is 4.74 Å². The third-order valence-electron chi connectivity index (χ3n) is 3.05. The molecule has 2 aromatic rings. The predicted molar refractivity (Wildman–Crippen MR) is 80.7 cm³/mol. The lowest BCUT2D eigenvalue weighted by Gasteiger charge is -2.10. The van der Waals surface area contributed by atoms with Gasteiger partial charge in [0.25, 0.3) is 0 Å². The number of aryl methyl sites for hydroxylation is 2. The van der Waals surface area contributed by atoms with Gasteiger partial charge in [0.05, 0.1) is 11.8 Å². The fourth-order valence-corrected chi connectivity index (χ4v) is 2.12. The van der Waals surface area contributed by atoms with E-state index < -0.39 is 0 Å². The van der Waals surface area contributed by atoms with Crippen LogP contribution in [-0.2, 0) is 20.1 Å². The molecule has 4 heteroatoms. The van der Waals surface area contributed by atoms with Gasteiger partial charge in [-0.25, -0.2) is 0 Å². The van der Waals surface area contributed by atoms with Crippen molar-refractivity contribution < 1.29 is 4.74 Å². The summed E-state index contributed by atoms with van der Waals surface area (Å²) >= 11 is 0. The van der Waals surface area contributed by atoms with Crippen molar-refractivity contribution in [3.63, 3.8) is 0 Å². The van der Waals surface area contributed by atoms with Gasteiger partial charge in [0.1, 0.15) is 5.75 Å². The van der Waals surface area contributed by atoms with Gasteiger partial charge in [-0.05, 0) is 38.5 Å². The normalized spacial score (nSPS) is 11.1. The second-order valence-electron chi connectivity index (χ2n) is 5.33. The highest BCUT2D eigenvalue weighted by molar-refractivity contribution is 5.27. The highest BCUT2D eigenvalue weighted by atomic mass is 16.5. The van der Waals surface area contributed by atoms with Gasteiger partial charge in [-0.2, -0.15) is 5.10 Å². The summed E-state index contributed by atoms with van der Waals surface area (Å²) < 4.78 is 7.48. The summed E-state index contributed by atoms with van der Waals surface area (Å²) in [7, 11) is 1.95. The Labute approximate surface area is 120 Å². The Kier molecular flexibility index (Phi) is 4.79. The van der Waals surface area contributed by atoms with Crippen molar-refractivity contribution in [2.24, 2.45) is 7.05 Å². The third kappa shape index (κ3) is 4.10. The van der Waals surface area contributed by atoms with Crippen LogP contribution in [-0.4, -0.2) is 15.9 Å². The van der Waals surface area contributed by atoms with Crippen LogP contribution in [0.1, 0.15) is 30.7 Å². The summed E-state index contributed by atoms with van der Waals surface area (Å²) in [5.41, 5.74) is 3.58. The average Bonchev–Trinajstić information content (AvgIpc) is 2.69. The maximum atomic E-state index is 5.63. The van der Waals surface area contributed by atoms with Gasteiger partial charge in [0.15, 0.2) is 0 Å². The molecule has 0 saturated heterocycles. The number of hydrogen-bond acceptors (Lipinski definition) is 3. The Morgan fingerprint density at radius 1 is 1.20 bits per heavy atom. The van der Waals surface area contributed by atoms with Crippen LogP contribution in [0.4, 0.5) is 0 Å². The minimum Gasteiger partial charge on any atom is -0.491 e. The van der Waals surface area contributed by atoms with Crippen LogP contribution in [0.5, 0.6) is 5.75 Å². The first-order valence-electron chi connectivity index (χ1n) is 7.00. The van der Waals surface area contributed by atoms with E-state index in [2.05, 4.69) is 28.7 Å². The number of nitrogens with one attached hydrogen (secondary N) is 1. The highest BCUT2D eigenvalue weighted by Crippen LogP contribution is 2.14. The molecule has 0 aliphatic heterocycles. The molecule has 2 rings (SSSR count). The Hall–Kier alpha value is -1.81. The number of nitrogens with zero attached hydrogens (tertiary/aromatic N) is 2. The van der Waals surface area contributed by atoms with Crippen molar-refractivity contribution in [1.82, 2.24) is 15.1 Å². The topological polar surface area (TPSA) is 39.1 Å². The van der Waals surface area contributed by atoms with Crippen LogP contribution < -0.4 is 10.1 Å². The minimum atomic E-state index is 0.215. The number of hydrogen-bond donors (Lipinski definition) is 1. The second-order valence-corrected chi connectivity index (χ2v) is 5.33. The van der Waals surface area contributed by atoms with E-state index in [0.717, 1.165) is 24.5 Å². The molecule has 0 aliphatic rings. The standard InChI is InChI=1S/C16H23N3O/c1-12(2)20-16-7-5-14(6-8-16)9-17-10-15-11-19(4)18-13(15)3/h5-8,11-12,17H,9-10H2,1-4H3. The van der Waals surface area contributed by atoms with Crippen LogP contribution in [0.2, 0.25) is 0 Å². The number of ether oxygens (including phenoxy) is 1. The van der Waals surface area contributed by atoms with Crippen molar-refractivity contribution in [1.29, 1.82) is 0 Å². The first-order valence-corrected chi connectivity index (χ1v) is 7.00. The van der Waals surface area contributed by atoms with Crippen LogP contribution in [0.15, 0.2) is 30.5 Å².